The monoisotopic (exact) mass is 260 g/mol. The molecule has 7 heteroatoms. The smallest absolute Gasteiger partial charge is 0.322 e. The lowest BCUT2D eigenvalue weighted by atomic mass is 10.1. The number of nitriles is 1. The molecule has 19 heavy (non-hydrogen) atoms. The molecule has 2 rings (SSSR count). The van der Waals surface area contributed by atoms with E-state index in [-0.39, 0.29) is 24.7 Å². The maximum absolute atomic E-state index is 11.3. The Morgan fingerprint density at radius 3 is 3.16 bits per heavy atom. The van der Waals surface area contributed by atoms with Crippen molar-refractivity contribution in [3.8, 4) is 6.07 Å². The molecule has 0 bridgehead atoms. The lowest BCUT2D eigenvalue weighted by Crippen LogP contribution is -2.56. The van der Waals surface area contributed by atoms with Crippen LogP contribution in [0.1, 0.15) is 11.3 Å². The van der Waals surface area contributed by atoms with E-state index in [9.17, 15) is 9.59 Å². The van der Waals surface area contributed by atoms with Gasteiger partial charge in [-0.3, -0.25) is 14.5 Å². The van der Waals surface area contributed by atoms with E-state index in [1.54, 1.807) is 17.0 Å². The van der Waals surface area contributed by atoms with Crippen molar-refractivity contribution >= 4 is 11.9 Å². The second kappa shape index (κ2) is 5.46. The van der Waals surface area contributed by atoms with Crippen molar-refractivity contribution in [2.24, 2.45) is 0 Å². The fourth-order valence-corrected chi connectivity index (χ4v) is 1.97. The summed E-state index contributed by atoms with van der Waals surface area (Å²) in [6.45, 7) is 0.410. The first-order valence-corrected chi connectivity index (χ1v) is 5.68. The number of pyridine rings is 1. The van der Waals surface area contributed by atoms with E-state index in [0.717, 1.165) is 5.56 Å². The molecule has 2 heterocycles. The molecule has 1 unspecified atom stereocenters. The number of aliphatic carboxylic acids is 1. The second-order valence-corrected chi connectivity index (χ2v) is 4.22. The van der Waals surface area contributed by atoms with Crippen molar-refractivity contribution in [2.75, 3.05) is 13.1 Å². The van der Waals surface area contributed by atoms with Crippen molar-refractivity contribution in [2.45, 2.75) is 12.6 Å². The molecule has 1 aromatic heterocycles. The van der Waals surface area contributed by atoms with Crippen LogP contribution >= 0.6 is 0 Å². The first-order valence-electron chi connectivity index (χ1n) is 5.68. The summed E-state index contributed by atoms with van der Waals surface area (Å²) in [4.78, 5) is 27.9. The minimum absolute atomic E-state index is 0.0289. The standard InChI is InChI=1S/C12H12N4O3/c13-4-9-3-8(1-2-14-9)6-16-7-11(17)15-5-10(16)12(18)19/h1-3,10H,5-7H2,(H,15,17)(H,18,19). The normalized spacial score (nSPS) is 19.5. The van der Waals surface area contributed by atoms with Crippen LogP contribution < -0.4 is 5.32 Å². The number of carbonyl (C=O) groups excluding carboxylic acids is 1. The Balaban J connectivity index is 2.16. The summed E-state index contributed by atoms with van der Waals surface area (Å²) < 4.78 is 0. The van der Waals surface area contributed by atoms with Gasteiger partial charge in [0.2, 0.25) is 5.91 Å². The lowest BCUT2D eigenvalue weighted by molar-refractivity contribution is -0.146. The zero-order valence-corrected chi connectivity index (χ0v) is 10.0. The van der Waals surface area contributed by atoms with Gasteiger partial charge in [-0.05, 0) is 17.7 Å². The summed E-state index contributed by atoms with van der Waals surface area (Å²) in [5, 5.41) is 20.4. The number of hydrogen-bond donors (Lipinski definition) is 2. The Hall–Kier alpha value is -2.46. The van der Waals surface area contributed by atoms with Crippen LogP contribution in [-0.4, -0.2) is 46.0 Å². The van der Waals surface area contributed by atoms with Crippen LogP contribution in [-0.2, 0) is 16.1 Å². The highest BCUT2D eigenvalue weighted by Gasteiger charge is 2.31. The molecule has 1 fully saturated rings. The third-order valence-corrected chi connectivity index (χ3v) is 2.89. The van der Waals surface area contributed by atoms with Crippen LogP contribution in [0.15, 0.2) is 18.3 Å². The first kappa shape index (κ1) is 13.0. The van der Waals surface area contributed by atoms with Crippen molar-refractivity contribution in [3.05, 3.63) is 29.6 Å². The van der Waals surface area contributed by atoms with Gasteiger partial charge in [0.05, 0.1) is 6.54 Å². The van der Waals surface area contributed by atoms with E-state index in [1.807, 2.05) is 6.07 Å². The molecular weight excluding hydrogens is 248 g/mol. The van der Waals surface area contributed by atoms with Gasteiger partial charge in [0.1, 0.15) is 17.8 Å². The van der Waals surface area contributed by atoms with Gasteiger partial charge in [-0.15, -0.1) is 0 Å². The number of rotatable bonds is 3. The van der Waals surface area contributed by atoms with Crippen molar-refractivity contribution < 1.29 is 14.7 Å². The molecule has 1 saturated heterocycles. The fourth-order valence-electron chi connectivity index (χ4n) is 1.97. The summed E-state index contributed by atoms with van der Waals surface area (Å²) in [5.74, 6) is -1.18. The number of aromatic nitrogens is 1. The molecule has 0 spiro atoms. The Bertz CT molecular complexity index is 552. The maximum Gasteiger partial charge on any atom is 0.322 e. The number of nitrogens with zero attached hydrogens (tertiary/aromatic N) is 3. The number of carbonyl (C=O) groups is 2. The Labute approximate surface area is 109 Å². The number of piperazine rings is 1. The van der Waals surface area contributed by atoms with Gasteiger partial charge in [0.15, 0.2) is 0 Å². The van der Waals surface area contributed by atoms with Crippen LogP contribution in [0.4, 0.5) is 0 Å². The van der Waals surface area contributed by atoms with Gasteiger partial charge < -0.3 is 10.4 Å². The lowest BCUT2D eigenvalue weighted by Gasteiger charge is -2.32. The molecule has 1 aliphatic heterocycles. The molecule has 0 aromatic carbocycles. The van der Waals surface area contributed by atoms with Gasteiger partial charge in [0, 0.05) is 19.3 Å². The Morgan fingerprint density at radius 1 is 1.68 bits per heavy atom. The van der Waals surface area contributed by atoms with Crippen molar-refractivity contribution in [3.63, 3.8) is 0 Å². The summed E-state index contributed by atoms with van der Waals surface area (Å²) in [5.41, 5.74) is 1.03. The third kappa shape index (κ3) is 3.05. The highest BCUT2D eigenvalue weighted by molar-refractivity contribution is 5.83. The maximum atomic E-state index is 11.3. The Kier molecular flexibility index (Phi) is 3.73. The zero-order valence-electron chi connectivity index (χ0n) is 10.0. The van der Waals surface area contributed by atoms with Gasteiger partial charge in [0.25, 0.3) is 0 Å². The van der Waals surface area contributed by atoms with Gasteiger partial charge >= 0.3 is 5.97 Å². The molecule has 0 aliphatic carbocycles. The largest absolute Gasteiger partial charge is 0.480 e. The van der Waals surface area contributed by atoms with Gasteiger partial charge in [-0.2, -0.15) is 5.26 Å². The summed E-state index contributed by atoms with van der Waals surface area (Å²) >= 11 is 0. The number of hydrogen-bond acceptors (Lipinski definition) is 5. The van der Waals surface area contributed by atoms with E-state index < -0.39 is 12.0 Å². The zero-order chi connectivity index (χ0) is 13.8. The minimum atomic E-state index is -0.977. The van der Waals surface area contributed by atoms with Crippen LogP contribution in [0.2, 0.25) is 0 Å². The predicted octanol–water partition coefficient (Wildman–Crippen LogP) is -0.662. The Morgan fingerprint density at radius 2 is 2.47 bits per heavy atom. The summed E-state index contributed by atoms with van der Waals surface area (Å²) in [7, 11) is 0. The van der Waals surface area contributed by atoms with Crippen LogP contribution in [0.3, 0.4) is 0 Å². The molecule has 1 amide bonds. The molecule has 98 valence electrons. The average molecular weight is 260 g/mol. The topological polar surface area (TPSA) is 106 Å². The number of carboxylic acid groups (broad SMARTS) is 1. The fraction of sp³-hybridized carbons (Fsp3) is 0.333. The predicted molar refractivity (Wildman–Crippen MR) is 63.8 cm³/mol. The molecule has 2 N–H and O–H groups in total. The number of amides is 1. The molecule has 0 saturated carbocycles. The molecule has 0 radical (unpaired) electrons. The molecular formula is C12H12N4O3. The highest BCUT2D eigenvalue weighted by Crippen LogP contribution is 2.11. The van der Waals surface area contributed by atoms with Crippen LogP contribution in [0.5, 0.6) is 0 Å². The first-order chi connectivity index (χ1) is 9.10. The molecule has 7 nitrogen and oxygen atoms in total. The number of carboxylic acids is 1. The van der Waals surface area contributed by atoms with Crippen molar-refractivity contribution in [1.82, 2.24) is 15.2 Å². The quantitative estimate of drug-likeness (QED) is 0.747. The number of nitrogens with one attached hydrogen (secondary N) is 1. The van der Waals surface area contributed by atoms with E-state index in [1.165, 1.54) is 6.20 Å². The van der Waals surface area contributed by atoms with E-state index in [2.05, 4.69) is 10.3 Å². The molecule has 1 aliphatic rings. The van der Waals surface area contributed by atoms with Crippen LogP contribution in [0, 0.1) is 11.3 Å². The van der Waals surface area contributed by atoms with E-state index in [4.69, 9.17) is 10.4 Å². The SMILES string of the molecule is N#Cc1cc(CN2CC(=O)NCC2C(=O)O)ccn1. The second-order valence-electron chi connectivity index (χ2n) is 4.22. The van der Waals surface area contributed by atoms with Crippen LogP contribution in [0.25, 0.3) is 0 Å². The highest BCUT2D eigenvalue weighted by atomic mass is 16.4. The van der Waals surface area contributed by atoms with Gasteiger partial charge in [-0.1, -0.05) is 0 Å². The van der Waals surface area contributed by atoms with Gasteiger partial charge in [-0.25, -0.2) is 4.98 Å². The van der Waals surface area contributed by atoms with E-state index >= 15 is 0 Å². The minimum Gasteiger partial charge on any atom is -0.480 e. The average Bonchev–Trinajstić information content (AvgIpc) is 2.38. The van der Waals surface area contributed by atoms with E-state index in [0.29, 0.717) is 6.54 Å². The third-order valence-electron chi connectivity index (χ3n) is 2.89. The van der Waals surface area contributed by atoms with Crippen molar-refractivity contribution in [1.29, 1.82) is 5.26 Å². The molecule has 1 atom stereocenters. The summed E-state index contributed by atoms with van der Waals surface area (Å²) in [6, 6.07) is 4.46. The molecule has 1 aromatic rings. The summed E-state index contributed by atoms with van der Waals surface area (Å²) in [6.07, 6.45) is 1.49.